The minimum Gasteiger partial charge on any atom is -0.465 e. The second-order valence-electron chi connectivity index (χ2n) is 3.34. The van der Waals surface area contributed by atoms with Gasteiger partial charge >= 0.3 is 5.97 Å². The van der Waals surface area contributed by atoms with Crippen LogP contribution in [-0.2, 0) is 11.8 Å². The van der Waals surface area contributed by atoms with E-state index >= 15 is 0 Å². The Kier molecular flexibility index (Phi) is 3.14. The molecule has 1 heterocycles. The van der Waals surface area contributed by atoms with Crippen molar-refractivity contribution in [1.82, 2.24) is 4.57 Å². The van der Waals surface area contributed by atoms with Crippen LogP contribution in [-0.4, -0.2) is 22.6 Å². The van der Waals surface area contributed by atoms with Crippen molar-refractivity contribution in [2.24, 2.45) is 12.8 Å². The van der Waals surface area contributed by atoms with Crippen LogP contribution in [0.1, 0.15) is 27.3 Å². The Morgan fingerprint density at radius 3 is 2.20 bits per heavy atom. The van der Waals surface area contributed by atoms with Crippen molar-refractivity contribution in [1.29, 1.82) is 0 Å². The number of carbonyl (C=O) groups excluding carboxylic acids is 1. The number of nitrogens with zero attached hydrogens (tertiary/aromatic N) is 1. The van der Waals surface area contributed by atoms with Crippen LogP contribution < -0.4 is 5.73 Å². The summed E-state index contributed by atoms with van der Waals surface area (Å²) in [5.74, 6) is -0.404. The topological polar surface area (TPSA) is 57.2 Å². The molecule has 1 aromatic heterocycles. The van der Waals surface area contributed by atoms with E-state index in [0.717, 1.165) is 11.4 Å². The molecule has 0 saturated heterocycles. The van der Waals surface area contributed by atoms with Gasteiger partial charge in [-0.15, -0.1) is 0 Å². The van der Waals surface area contributed by atoms with Gasteiger partial charge in [-0.25, -0.2) is 4.79 Å². The maximum Gasteiger partial charge on any atom is 0.340 e. The lowest BCUT2D eigenvalue weighted by molar-refractivity contribution is 0.0599. The van der Waals surface area contributed by atoms with E-state index in [1.54, 1.807) is 0 Å². The van der Waals surface area contributed by atoms with Crippen LogP contribution >= 0.6 is 12.2 Å². The fourth-order valence-corrected chi connectivity index (χ4v) is 1.85. The number of ether oxygens (including phenoxy) is 1. The summed E-state index contributed by atoms with van der Waals surface area (Å²) >= 11 is 4.93. The Morgan fingerprint density at radius 2 is 1.80 bits per heavy atom. The number of methoxy groups -OCH3 is 1. The van der Waals surface area contributed by atoms with Crippen molar-refractivity contribution in [3.05, 3.63) is 22.5 Å². The minimum absolute atomic E-state index is 0.219. The Bertz CT molecular complexity index is 435. The molecule has 0 bridgehead atoms. The Hall–Kier alpha value is -1.36. The summed E-state index contributed by atoms with van der Waals surface area (Å²) in [7, 11) is 3.20. The van der Waals surface area contributed by atoms with Gasteiger partial charge < -0.3 is 15.0 Å². The summed E-state index contributed by atoms with van der Waals surface area (Å²) in [6, 6.07) is 0. The van der Waals surface area contributed by atoms with E-state index in [4.69, 9.17) is 22.7 Å². The van der Waals surface area contributed by atoms with Gasteiger partial charge in [0.25, 0.3) is 0 Å². The standard InChI is InChI=1S/C10H14N2O2S/c1-5-7(9(11)15)8(10(13)14-4)6(2)12(5)3/h1-4H3,(H2,11,15). The third kappa shape index (κ3) is 1.74. The molecule has 0 aliphatic carbocycles. The highest BCUT2D eigenvalue weighted by molar-refractivity contribution is 7.80. The normalized spacial score (nSPS) is 10.1. The summed E-state index contributed by atoms with van der Waals surface area (Å²) in [6.07, 6.45) is 0. The van der Waals surface area contributed by atoms with Crippen molar-refractivity contribution in [3.8, 4) is 0 Å². The van der Waals surface area contributed by atoms with Crippen molar-refractivity contribution in [3.63, 3.8) is 0 Å². The smallest absolute Gasteiger partial charge is 0.340 e. The van der Waals surface area contributed by atoms with Crippen LogP contribution in [0.25, 0.3) is 0 Å². The van der Waals surface area contributed by atoms with Gasteiger partial charge in [0.15, 0.2) is 0 Å². The van der Waals surface area contributed by atoms with Crippen LogP contribution in [0.4, 0.5) is 0 Å². The minimum atomic E-state index is -0.404. The number of carbonyl (C=O) groups is 1. The van der Waals surface area contributed by atoms with Crippen molar-refractivity contribution in [2.45, 2.75) is 13.8 Å². The van der Waals surface area contributed by atoms with E-state index in [9.17, 15) is 4.79 Å². The third-order valence-corrected chi connectivity index (χ3v) is 2.82. The highest BCUT2D eigenvalue weighted by Gasteiger charge is 2.23. The molecule has 1 aromatic rings. The largest absolute Gasteiger partial charge is 0.465 e. The fourth-order valence-electron chi connectivity index (χ4n) is 1.60. The first kappa shape index (κ1) is 11.7. The van der Waals surface area contributed by atoms with E-state index < -0.39 is 5.97 Å². The predicted octanol–water partition coefficient (Wildman–Crippen LogP) is 1.06. The van der Waals surface area contributed by atoms with Gasteiger partial charge in [0.1, 0.15) is 4.99 Å². The average Bonchev–Trinajstić information content (AvgIpc) is 2.41. The van der Waals surface area contributed by atoms with Crippen LogP contribution in [0.5, 0.6) is 0 Å². The van der Waals surface area contributed by atoms with Gasteiger partial charge in [-0.05, 0) is 13.8 Å². The van der Waals surface area contributed by atoms with E-state index in [2.05, 4.69) is 0 Å². The Morgan fingerprint density at radius 1 is 1.33 bits per heavy atom. The molecule has 0 atom stereocenters. The van der Waals surface area contributed by atoms with Crippen LogP contribution in [0.2, 0.25) is 0 Å². The molecule has 0 aliphatic rings. The summed E-state index contributed by atoms with van der Waals surface area (Å²) in [5, 5.41) is 0. The zero-order valence-electron chi connectivity index (χ0n) is 9.25. The van der Waals surface area contributed by atoms with Crippen molar-refractivity contribution in [2.75, 3.05) is 7.11 Å². The molecule has 5 heteroatoms. The van der Waals surface area contributed by atoms with Crippen molar-refractivity contribution >= 4 is 23.2 Å². The van der Waals surface area contributed by atoms with E-state index in [1.165, 1.54) is 7.11 Å². The lowest BCUT2D eigenvalue weighted by atomic mass is 10.1. The van der Waals surface area contributed by atoms with E-state index in [0.29, 0.717) is 11.1 Å². The molecule has 0 spiro atoms. The highest BCUT2D eigenvalue weighted by Crippen LogP contribution is 2.21. The maximum atomic E-state index is 11.6. The molecule has 2 N–H and O–H groups in total. The van der Waals surface area contributed by atoms with Gasteiger partial charge in [0, 0.05) is 24.0 Å². The van der Waals surface area contributed by atoms with Crippen LogP contribution in [0.3, 0.4) is 0 Å². The monoisotopic (exact) mass is 226 g/mol. The summed E-state index contributed by atoms with van der Waals surface area (Å²) in [5.41, 5.74) is 8.35. The maximum absolute atomic E-state index is 11.6. The lowest BCUT2D eigenvalue weighted by Crippen LogP contribution is -2.15. The van der Waals surface area contributed by atoms with Gasteiger partial charge in [-0.1, -0.05) is 12.2 Å². The first-order valence-corrected chi connectivity index (χ1v) is 4.86. The van der Waals surface area contributed by atoms with E-state index in [1.807, 2.05) is 25.5 Å². The second-order valence-corrected chi connectivity index (χ2v) is 3.78. The van der Waals surface area contributed by atoms with Gasteiger partial charge in [0.2, 0.25) is 0 Å². The zero-order valence-corrected chi connectivity index (χ0v) is 10.1. The molecule has 82 valence electrons. The Labute approximate surface area is 94.0 Å². The molecule has 1 rings (SSSR count). The molecule has 0 unspecified atom stereocenters. The first-order valence-electron chi connectivity index (χ1n) is 4.45. The molecule has 0 saturated carbocycles. The van der Waals surface area contributed by atoms with Crippen molar-refractivity contribution < 1.29 is 9.53 Å². The van der Waals surface area contributed by atoms with E-state index in [-0.39, 0.29) is 4.99 Å². The predicted molar refractivity (Wildman–Crippen MR) is 62.1 cm³/mol. The quantitative estimate of drug-likeness (QED) is 0.605. The zero-order chi connectivity index (χ0) is 11.7. The third-order valence-electron chi connectivity index (χ3n) is 2.62. The second kappa shape index (κ2) is 4.02. The molecular weight excluding hydrogens is 212 g/mol. The summed E-state index contributed by atoms with van der Waals surface area (Å²) in [4.78, 5) is 11.8. The molecule has 4 nitrogen and oxygen atoms in total. The summed E-state index contributed by atoms with van der Waals surface area (Å²) < 4.78 is 6.58. The molecule has 0 amide bonds. The molecular formula is C10H14N2O2S. The number of hydrogen-bond acceptors (Lipinski definition) is 3. The number of aromatic nitrogens is 1. The molecule has 0 aromatic carbocycles. The first-order chi connectivity index (χ1) is 6.91. The molecule has 0 radical (unpaired) electrons. The Balaban J connectivity index is 3.55. The summed E-state index contributed by atoms with van der Waals surface area (Å²) in [6.45, 7) is 3.70. The molecule has 0 aliphatic heterocycles. The molecule has 15 heavy (non-hydrogen) atoms. The molecule has 0 fully saturated rings. The fraction of sp³-hybridized carbons (Fsp3) is 0.400. The van der Waals surface area contributed by atoms with Gasteiger partial charge in [-0.3, -0.25) is 0 Å². The number of hydrogen-bond donors (Lipinski definition) is 1. The number of esters is 1. The number of rotatable bonds is 2. The van der Waals surface area contributed by atoms with Crippen LogP contribution in [0.15, 0.2) is 0 Å². The highest BCUT2D eigenvalue weighted by atomic mass is 32.1. The lowest BCUT2D eigenvalue weighted by Gasteiger charge is -2.02. The number of thiocarbonyl (C=S) groups is 1. The van der Waals surface area contributed by atoms with Gasteiger partial charge in [0.05, 0.1) is 12.7 Å². The number of nitrogens with two attached hydrogens (primary N) is 1. The average molecular weight is 226 g/mol. The van der Waals surface area contributed by atoms with Crippen LogP contribution in [0, 0.1) is 13.8 Å². The van der Waals surface area contributed by atoms with Gasteiger partial charge in [-0.2, -0.15) is 0 Å². The SMILES string of the molecule is COC(=O)c1c(C(N)=S)c(C)n(C)c1C.